The molecule has 0 saturated carbocycles. The van der Waals surface area contributed by atoms with Crippen LogP contribution >= 0.6 is 27.5 Å². The lowest BCUT2D eigenvalue weighted by molar-refractivity contribution is -0.182. The Balaban J connectivity index is 2.35. The van der Waals surface area contributed by atoms with Gasteiger partial charge in [0, 0.05) is 16.1 Å². The third-order valence-electron chi connectivity index (χ3n) is 3.33. The van der Waals surface area contributed by atoms with E-state index in [1.54, 1.807) is 24.3 Å². The van der Waals surface area contributed by atoms with Gasteiger partial charge >= 0.3 is 6.18 Å². The molecule has 128 valence electrons. The largest absolute Gasteiger partial charge is 0.410 e. The highest BCUT2D eigenvalue weighted by Crippen LogP contribution is 2.30. The van der Waals surface area contributed by atoms with Crippen molar-refractivity contribution in [1.29, 1.82) is 0 Å². The molecular weight excluding hydrogens is 409 g/mol. The zero-order chi connectivity index (χ0) is 18.1. The number of aromatic nitrogens is 1. The van der Waals surface area contributed by atoms with Crippen molar-refractivity contribution in [2.24, 2.45) is 0 Å². The number of carbonyl (C=O) groups excluding carboxylic acids is 1. The monoisotopic (exact) mass is 420 g/mol. The predicted molar refractivity (Wildman–Crippen MR) is 90.0 cm³/mol. The summed E-state index contributed by atoms with van der Waals surface area (Å²) < 4.78 is 39.1. The van der Waals surface area contributed by atoms with Crippen molar-refractivity contribution in [3.8, 4) is 11.3 Å². The average Bonchev–Trinajstić information content (AvgIpc) is 2.45. The Labute approximate surface area is 150 Å². The van der Waals surface area contributed by atoms with Gasteiger partial charge in [0.1, 0.15) is 10.1 Å². The summed E-state index contributed by atoms with van der Waals surface area (Å²) in [5.74, 6) is -0.837. The average molecular weight is 422 g/mol. The number of hydrogen-bond donors (Lipinski definition) is 1. The number of nitrogens with zero attached hydrogens (tertiary/aromatic N) is 1. The maximum absolute atomic E-state index is 12.9. The Kier molecular flexibility index (Phi) is 5.25. The van der Waals surface area contributed by atoms with E-state index in [0.29, 0.717) is 20.9 Å². The van der Waals surface area contributed by atoms with Crippen LogP contribution in [0.25, 0.3) is 11.3 Å². The van der Waals surface area contributed by atoms with Crippen molar-refractivity contribution in [2.45, 2.75) is 25.6 Å². The van der Waals surface area contributed by atoms with E-state index in [-0.39, 0.29) is 5.56 Å². The van der Waals surface area contributed by atoms with Crippen LogP contribution in [0.2, 0.25) is 5.02 Å². The number of halogens is 5. The van der Waals surface area contributed by atoms with Gasteiger partial charge < -0.3 is 5.32 Å². The molecule has 0 fully saturated rings. The summed E-state index contributed by atoms with van der Waals surface area (Å²) in [7, 11) is 0. The van der Waals surface area contributed by atoms with E-state index in [1.165, 1.54) is 12.1 Å². The summed E-state index contributed by atoms with van der Waals surface area (Å²) in [5, 5.41) is 2.53. The van der Waals surface area contributed by atoms with E-state index in [4.69, 9.17) is 11.6 Å². The summed E-state index contributed by atoms with van der Waals surface area (Å²) in [5.41, 5.74) is -1.15. The lowest BCUT2D eigenvalue weighted by atomic mass is 10.0. The Hall–Kier alpha value is -1.60. The highest BCUT2D eigenvalue weighted by Gasteiger charge is 2.48. The fourth-order valence-electron chi connectivity index (χ4n) is 1.82. The zero-order valence-corrected chi connectivity index (χ0v) is 15.1. The quantitative estimate of drug-likeness (QED) is 0.689. The third-order valence-corrected chi connectivity index (χ3v) is 3.99. The fourth-order valence-corrected chi connectivity index (χ4v) is 2.39. The first-order valence-electron chi connectivity index (χ1n) is 6.82. The van der Waals surface area contributed by atoms with Crippen molar-refractivity contribution in [3.63, 3.8) is 0 Å². The van der Waals surface area contributed by atoms with Crippen LogP contribution in [-0.2, 0) is 0 Å². The van der Waals surface area contributed by atoms with Gasteiger partial charge in [0.25, 0.3) is 5.91 Å². The fraction of sp³-hybridized carbons (Fsp3) is 0.250. The van der Waals surface area contributed by atoms with Crippen LogP contribution in [0.3, 0.4) is 0 Å². The summed E-state index contributed by atoms with van der Waals surface area (Å²) in [6, 6.07) is 9.52. The molecule has 1 amide bonds. The first-order chi connectivity index (χ1) is 11.0. The van der Waals surface area contributed by atoms with E-state index in [2.05, 4.69) is 20.9 Å². The third kappa shape index (κ3) is 4.27. The first kappa shape index (κ1) is 18.7. The maximum atomic E-state index is 12.9. The van der Waals surface area contributed by atoms with Crippen LogP contribution in [0.15, 0.2) is 41.0 Å². The number of rotatable bonds is 3. The molecule has 0 atom stereocenters. The Morgan fingerprint density at radius 3 is 2.29 bits per heavy atom. The lowest BCUT2D eigenvalue weighted by Crippen LogP contribution is -2.54. The van der Waals surface area contributed by atoms with Gasteiger partial charge in [-0.2, -0.15) is 13.2 Å². The summed E-state index contributed by atoms with van der Waals surface area (Å²) in [6.45, 7) is 1.81. The molecule has 0 radical (unpaired) electrons. The van der Waals surface area contributed by atoms with Gasteiger partial charge in [-0.15, -0.1) is 0 Å². The number of pyridine rings is 1. The Bertz CT molecular complexity index is 761. The topological polar surface area (TPSA) is 42.0 Å². The standard InChI is InChI=1S/C16H13BrClF3N2O/c1-15(2,16(19,20)21)23-14(24)10-7-12(22-13(17)8-10)9-3-5-11(18)6-4-9/h3-8H,1-2H3,(H,23,24). The summed E-state index contributed by atoms with van der Waals surface area (Å²) in [6.07, 6.45) is -4.56. The number of alkyl halides is 3. The second-order valence-corrected chi connectivity index (χ2v) is 6.90. The summed E-state index contributed by atoms with van der Waals surface area (Å²) in [4.78, 5) is 16.4. The zero-order valence-electron chi connectivity index (χ0n) is 12.7. The van der Waals surface area contributed by atoms with Crippen molar-refractivity contribution < 1.29 is 18.0 Å². The molecule has 3 nitrogen and oxygen atoms in total. The molecule has 0 spiro atoms. The molecule has 0 bridgehead atoms. The van der Waals surface area contributed by atoms with E-state index in [9.17, 15) is 18.0 Å². The van der Waals surface area contributed by atoms with Crippen molar-refractivity contribution >= 4 is 33.4 Å². The molecular formula is C16H13BrClF3N2O. The molecule has 0 aliphatic rings. The molecule has 1 aromatic carbocycles. The number of carbonyl (C=O) groups is 1. The molecule has 0 saturated heterocycles. The van der Waals surface area contributed by atoms with Crippen molar-refractivity contribution in [1.82, 2.24) is 10.3 Å². The molecule has 1 N–H and O–H groups in total. The minimum absolute atomic E-state index is 0.0687. The second-order valence-electron chi connectivity index (χ2n) is 5.65. The van der Waals surface area contributed by atoms with E-state index in [0.717, 1.165) is 13.8 Å². The van der Waals surface area contributed by atoms with Crippen LogP contribution in [0.4, 0.5) is 13.2 Å². The Morgan fingerprint density at radius 2 is 1.75 bits per heavy atom. The van der Waals surface area contributed by atoms with Gasteiger partial charge in [0.15, 0.2) is 0 Å². The molecule has 0 aliphatic carbocycles. The van der Waals surface area contributed by atoms with E-state index >= 15 is 0 Å². The number of nitrogens with one attached hydrogen (secondary N) is 1. The predicted octanol–water partition coefficient (Wildman–Crippen LogP) is 5.24. The molecule has 0 unspecified atom stereocenters. The van der Waals surface area contributed by atoms with Gasteiger partial charge in [-0.3, -0.25) is 4.79 Å². The molecule has 24 heavy (non-hydrogen) atoms. The molecule has 2 rings (SSSR count). The smallest absolute Gasteiger partial charge is 0.338 e. The van der Waals surface area contributed by atoms with Crippen LogP contribution in [0, 0.1) is 0 Å². The molecule has 8 heteroatoms. The van der Waals surface area contributed by atoms with E-state index < -0.39 is 17.6 Å². The van der Waals surface area contributed by atoms with Crippen LogP contribution in [-0.4, -0.2) is 22.6 Å². The van der Waals surface area contributed by atoms with Gasteiger partial charge in [-0.25, -0.2) is 4.98 Å². The highest BCUT2D eigenvalue weighted by molar-refractivity contribution is 9.10. The number of amides is 1. The van der Waals surface area contributed by atoms with Crippen LogP contribution in [0.1, 0.15) is 24.2 Å². The lowest BCUT2D eigenvalue weighted by Gasteiger charge is -2.28. The van der Waals surface area contributed by atoms with Gasteiger partial charge in [0.05, 0.1) is 5.69 Å². The van der Waals surface area contributed by atoms with E-state index in [1.807, 2.05) is 5.32 Å². The molecule has 1 aromatic heterocycles. The molecule has 2 aromatic rings. The van der Waals surface area contributed by atoms with Gasteiger partial charge in [-0.1, -0.05) is 23.7 Å². The second kappa shape index (κ2) is 6.72. The minimum atomic E-state index is -4.56. The normalized spacial score (nSPS) is 12.1. The highest BCUT2D eigenvalue weighted by atomic mass is 79.9. The molecule has 0 aliphatic heterocycles. The summed E-state index contributed by atoms with van der Waals surface area (Å²) >= 11 is 9.00. The SMILES string of the molecule is CC(C)(NC(=O)c1cc(Br)nc(-c2ccc(Cl)cc2)c1)C(F)(F)F. The van der Waals surface area contributed by atoms with Gasteiger partial charge in [0.2, 0.25) is 0 Å². The van der Waals surface area contributed by atoms with Crippen molar-refractivity contribution in [3.05, 3.63) is 51.6 Å². The van der Waals surface area contributed by atoms with Gasteiger partial charge in [-0.05, 0) is 54.0 Å². The van der Waals surface area contributed by atoms with Crippen LogP contribution < -0.4 is 5.32 Å². The van der Waals surface area contributed by atoms with Crippen LogP contribution in [0.5, 0.6) is 0 Å². The molecule has 1 heterocycles. The maximum Gasteiger partial charge on any atom is 0.410 e. The Morgan fingerprint density at radius 1 is 1.17 bits per heavy atom. The first-order valence-corrected chi connectivity index (χ1v) is 7.99. The minimum Gasteiger partial charge on any atom is -0.338 e. The van der Waals surface area contributed by atoms with Crippen molar-refractivity contribution in [2.75, 3.05) is 0 Å². The number of benzene rings is 1. The number of hydrogen-bond acceptors (Lipinski definition) is 2.